The first kappa shape index (κ1) is 19.6. The van der Waals surface area contributed by atoms with Crippen LogP contribution in [-0.2, 0) is 0 Å². The van der Waals surface area contributed by atoms with E-state index in [4.69, 9.17) is 11.5 Å². The first-order valence-electron chi connectivity index (χ1n) is 9.34. The van der Waals surface area contributed by atoms with Crippen molar-refractivity contribution in [3.05, 3.63) is 87.6 Å². The molecule has 0 bridgehead atoms. The van der Waals surface area contributed by atoms with Crippen LogP contribution >= 0.6 is 0 Å². The second-order valence-electron chi connectivity index (χ2n) is 7.82. The molecule has 1 atom stereocenters. The van der Waals surface area contributed by atoms with Gasteiger partial charge in [-0.15, -0.1) is 0 Å². The monoisotopic (exact) mass is 374 g/mol. The third-order valence-electron chi connectivity index (χ3n) is 5.81. The summed E-state index contributed by atoms with van der Waals surface area (Å²) in [5.41, 5.74) is 16.8. The Hall–Kier alpha value is -3.14. The van der Waals surface area contributed by atoms with Crippen LogP contribution in [0.15, 0.2) is 65.4 Å². The highest BCUT2D eigenvalue weighted by Crippen LogP contribution is 2.41. The molecule has 144 valence electrons. The van der Waals surface area contributed by atoms with Crippen LogP contribution in [0.5, 0.6) is 0 Å². The minimum Gasteiger partial charge on any atom is -0.401 e. The molecule has 0 aromatic heterocycles. The van der Waals surface area contributed by atoms with Gasteiger partial charge in [0.15, 0.2) is 11.6 Å². The molecule has 0 radical (unpaired) electrons. The quantitative estimate of drug-likeness (QED) is 0.608. The van der Waals surface area contributed by atoms with Crippen LogP contribution in [0.25, 0.3) is 0 Å². The molecule has 1 unspecified atom stereocenters. The fourth-order valence-electron chi connectivity index (χ4n) is 3.64. The Morgan fingerprint density at radius 2 is 1.57 bits per heavy atom. The van der Waals surface area contributed by atoms with Gasteiger partial charge in [0.25, 0.3) is 0 Å². The predicted molar refractivity (Wildman–Crippen MR) is 113 cm³/mol. The van der Waals surface area contributed by atoms with Crippen LogP contribution in [0.2, 0.25) is 0 Å². The zero-order valence-electron chi connectivity index (χ0n) is 16.8. The fourth-order valence-corrected chi connectivity index (χ4v) is 3.64. The fraction of sp³-hybridized carbons (Fsp3) is 0.250. The molecule has 1 aliphatic carbocycles. The minimum atomic E-state index is -0.774. The molecule has 4 nitrogen and oxygen atoms in total. The molecule has 0 heterocycles. The van der Waals surface area contributed by atoms with Gasteiger partial charge in [-0.1, -0.05) is 35.9 Å². The second-order valence-corrected chi connectivity index (χ2v) is 7.82. The summed E-state index contributed by atoms with van der Waals surface area (Å²) in [7, 11) is 0. The van der Waals surface area contributed by atoms with E-state index in [1.54, 1.807) is 24.3 Å². The lowest BCUT2D eigenvalue weighted by Gasteiger charge is -2.33. The molecule has 3 rings (SSSR count). The summed E-state index contributed by atoms with van der Waals surface area (Å²) in [5.74, 6) is -0.200. The maximum atomic E-state index is 13.1. The van der Waals surface area contributed by atoms with Crippen LogP contribution in [0.3, 0.4) is 0 Å². The van der Waals surface area contributed by atoms with E-state index >= 15 is 0 Å². The Morgan fingerprint density at radius 1 is 0.964 bits per heavy atom. The van der Waals surface area contributed by atoms with Gasteiger partial charge >= 0.3 is 0 Å². The number of hydrogen-bond donors (Lipinski definition) is 2. The SMILES string of the molecule is CC1=CC(C(=O)c2cc(C)c(C)cc2N)=C(N)CC1(C)C(=O)c1ccccc1. The topological polar surface area (TPSA) is 86.2 Å². The molecule has 0 amide bonds. The van der Waals surface area contributed by atoms with E-state index in [1.807, 2.05) is 52.0 Å². The highest BCUT2D eigenvalue weighted by molar-refractivity contribution is 6.15. The van der Waals surface area contributed by atoms with Crippen molar-refractivity contribution >= 4 is 17.3 Å². The second kappa shape index (κ2) is 7.12. The maximum Gasteiger partial charge on any atom is 0.196 e. The zero-order valence-corrected chi connectivity index (χ0v) is 16.8. The number of allylic oxidation sites excluding steroid dienone is 4. The van der Waals surface area contributed by atoms with Crippen molar-refractivity contribution < 1.29 is 9.59 Å². The number of rotatable bonds is 4. The molecule has 0 fully saturated rings. The third kappa shape index (κ3) is 3.26. The zero-order chi connectivity index (χ0) is 20.6. The first-order valence-corrected chi connectivity index (χ1v) is 9.34. The van der Waals surface area contributed by atoms with E-state index in [0.717, 1.165) is 16.7 Å². The molecule has 4 heteroatoms. The Balaban J connectivity index is 1.99. The van der Waals surface area contributed by atoms with Crippen LogP contribution in [-0.4, -0.2) is 11.6 Å². The van der Waals surface area contributed by atoms with E-state index in [1.165, 1.54) is 0 Å². The summed E-state index contributed by atoms with van der Waals surface area (Å²) in [4.78, 5) is 26.3. The van der Waals surface area contributed by atoms with Gasteiger partial charge in [-0.05, 0) is 57.0 Å². The van der Waals surface area contributed by atoms with E-state index in [0.29, 0.717) is 34.5 Å². The van der Waals surface area contributed by atoms with Gasteiger partial charge in [-0.2, -0.15) is 0 Å². The van der Waals surface area contributed by atoms with Gasteiger partial charge in [0.1, 0.15) is 0 Å². The molecule has 28 heavy (non-hydrogen) atoms. The number of aryl methyl sites for hydroxylation is 2. The van der Waals surface area contributed by atoms with Crippen LogP contribution in [0, 0.1) is 19.3 Å². The van der Waals surface area contributed by atoms with Gasteiger partial charge in [-0.3, -0.25) is 9.59 Å². The van der Waals surface area contributed by atoms with E-state index in [2.05, 4.69) is 0 Å². The van der Waals surface area contributed by atoms with Crippen molar-refractivity contribution in [3.63, 3.8) is 0 Å². The van der Waals surface area contributed by atoms with Crippen LogP contribution in [0.4, 0.5) is 5.69 Å². The molecule has 2 aromatic carbocycles. The highest BCUT2D eigenvalue weighted by atomic mass is 16.1. The lowest BCUT2D eigenvalue weighted by molar-refractivity contribution is 0.0851. The molecule has 1 aliphatic rings. The van der Waals surface area contributed by atoms with Crippen molar-refractivity contribution in [3.8, 4) is 0 Å². The lowest BCUT2D eigenvalue weighted by atomic mass is 9.69. The van der Waals surface area contributed by atoms with E-state index < -0.39 is 5.41 Å². The number of Topliss-reactive ketones (excluding diaryl/α,β-unsaturated/α-hetero) is 2. The summed E-state index contributed by atoms with van der Waals surface area (Å²) >= 11 is 0. The van der Waals surface area contributed by atoms with Crippen molar-refractivity contribution in [1.29, 1.82) is 0 Å². The molecule has 4 N–H and O–H groups in total. The van der Waals surface area contributed by atoms with Crippen molar-refractivity contribution in [2.45, 2.75) is 34.1 Å². The van der Waals surface area contributed by atoms with Crippen molar-refractivity contribution in [1.82, 2.24) is 0 Å². The molecular formula is C24H26N2O2. The number of ketones is 2. The van der Waals surface area contributed by atoms with Gasteiger partial charge < -0.3 is 11.5 Å². The minimum absolute atomic E-state index is 0.00185. The van der Waals surface area contributed by atoms with Gasteiger partial charge in [0, 0.05) is 34.5 Å². The molecule has 0 saturated heterocycles. The summed E-state index contributed by atoms with van der Waals surface area (Å²) in [5, 5.41) is 0. The number of nitrogen functional groups attached to an aromatic ring is 1. The number of benzene rings is 2. The summed E-state index contributed by atoms with van der Waals surface area (Å²) in [6.07, 6.45) is 2.05. The number of anilines is 1. The van der Waals surface area contributed by atoms with Crippen molar-refractivity contribution in [2.24, 2.45) is 11.1 Å². The van der Waals surface area contributed by atoms with Crippen molar-refractivity contribution in [2.75, 3.05) is 5.73 Å². The number of hydrogen-bond acceptors (Lipinski definition) is 4. The predicted octanol–water partition coefficient (Wildman–Crippen LogP) is 4.52. The van der Waals surface area contributed by atoms with Crippen LogP contribution < -0.4 is 11.5 Å². The Labute approximate surface area is 165 Å². The average Bonchev–Trinajstić information content (AvgIpc) is 2.67. The van der Waals surface area contributed by atoms with Crippen LogP contribution in [0.1, 0.15) is 52.1 Å². The largest absolute Gasteiger partial charge is 0.401 e. The smallest absolute Gasteiger partial charge is 0.196 e. The molecule has 0 saturated carbocycles. The van der Waals surface area contributed by atoms with Gasteiger partial charge in [-0.25, -0.2) is 0 Å². The normalized spacial score (nSPS) is 19.4. The lowest BCUT2D eigenvalue weighted by Crippen LogP contribution is -2.34. The van der Waals surface area contributed by atoms with Gasteiger partial charge in [0.2, 0.25) is 0 Å². The number of carbonyl (C=O) groups excluding carboxylic acids is 2. The standard InChI is InChI=1S/C24H26N2O2/c1-14-10-18(20(25)11-15(14)2)22(27)19-12-16(3)24(4,13-21(19)26)23(28)17-8-6-5-7-9-17/h5-12H,13,25-26H2,1-4H3. The summed E-state index contributed by atoms with van der Waals surface area (Å²) < 4.78 is 0. The molecule has 2 aromatic rings. The molecule has 0 spiro atoms. The first-order chi connectivity index (χ1) is 13.1. The molecular weight excluding hydrogens is 348 g/mol. The Bertz CT molecular complexity index is 1030. The third-order valence-corrected chi connectivity index (χ3v) is 5.81. The number of nitrogens with two attached hydrogens (primary N) is 2. The highest BCUT2D eigenvalue weighted by Gasteiger charge is 2.40. The Kier molecular flexibility index (Phi) is 4.99. The summed E-state index contributed by atoms with van der Waals surface area (Å²) in [6, 6.07) is 12.8. The van der Waals surface area contributed by atoms with Gasteiger partial charge in [0.05, 0.1) is 5.41 Å². The summed E-state index contributed by atoms with van der Waals surface area (Å²) in [6.45, 7) is 7.66. The molecule has 0 aliphatic heterocycles. The van der Waals surface area contributed by atoms with E-state index in [9.17, 15) is 9.59 Å². The average molecular weight is 374 g/mol. The Morgan fingerprint density at radius 3 is 2.21 bits per heavy atom. The van der Waals surface area contributed by atoms with E-state index in [-0.39, 0.29) is 11.6 Å². The number of carbonyl (C=O) groups is 2. The maximum absolute atomic E-state index is 13.1.